The first-order valence-electron chi connectivity index (χ1n) is 7.12. The van der Waals surface area contributed by atoms with Crippen LogP contribution in [0.4, 0.5) is 0 Å². The maximum atomic E-state index is 11.1. The van der Waals surface area contributed by atoms with E-state index in [1.807, 2.05) is 6.92 Å². The summed E-state index contributed by atoms with van der Waals surface area (Å²) in [7, 11) is 1.63. The molecule has 1 N–H and O–H groups in total. The van der Waals surface area contributed by atoms with Gasteiger partial charge < -0.3 is 4.74 Å². The Morgan fingerprint density at radius 2 is 2.05 bits per heavy atom. The topological polar surface area (TPSA) is 47.6 Å². The Labute approximate surface area is 115 Å². The van der Waals surface area contributed by atoms with Gasteiger partial charge in [-0.15, -0.1) is 0 Å². The Bertz CT molecular complexity index is 334. The zero-order valence-electron chi connectivity index (χ0n) is 12.0. The molecule has 0 amide bonds. The number of nitrogens with one attached hydrogen (secondary N) is 1. The van der Waals surface area contributed by atoms with E-state index in [0.717, 1.165) is 44.2 Å². The fraction of sp³-hybridized carbons (Fsp3) is 0.667. The third kappa shape index (κ3) is 6.43. The molecule has 0 unspecified atom stereocenters. The number of carbonyl (C=O) groups excluding carboxylic acids is 1. The molecule has 0 spiro atoms. The molecule has 0 fully saturated rings. The number of hydrogen-bond acceptors (Lipinski definition) is 4. The summed E-state index contributed by atoms with van der Waals surface area (Å²) in [4.78, 5) is 16.1. The van der Waals surface area contributed by atoms with Crippen molar-refractivity contribution < 1.29 is 14.4 Å². The Morgan fingerprint density at radius 3 is 2.79 bits per heavy atom. The first kappa shape index (κ1) is 15.8. The van der Waals surface area contributed by atoms with E-state index in [-0.39, 0.29) is 5.97 Å². The van der Waals surface area contributed by atoms with E-state index < -0.39 is 0 Å². The van der Waals surface area contributed by atoms with Gasteiger partial charge in [0.05, 0.1) is 19.4 Å². The van der Waals surface area contributed by atoms with Crippen LogP contribution in [0.5, 0.6) is 0 Å². The van der Waals surface area contributed by atoms with Crippen molar-refractivity contribution in [1.29, 1.82) is 0 Å². The maximum Gasteiger partial charge on any atom is 0.305 e. The highest BCUT2D eigenvalue weighted by Gasteiger charge is 2.09. The summed E-state index contributed by atoms with van der Waals surface area (Å²) in [5, 5.41) is 0. The Hall–Kier alpha value is -1.29. The van der Waals surface area contributed by atoms with Gasteiger partial charge >= 0.3 is 5.97 Å². The fourth-order valence-corrected chi connectivity index (χ4v) is 2.19. The number of unbranched alkanes of at least 4 members (excludes halogenated alkanes) is 3. The van der Waals surface area contributed by atoms with Crippen molar-refractivity contribution in [3.63, 3.8) is 0 Å². The SMILES string of the molecule is CCOC(=O)CCCCCCC1=CCC=C1NOC. The van der Waals surface area contributed by atoms with E-state index in [0.29, 0.717) is 13.0 Å². The van der Waals surface area contributed by atoms with Crippen molar-refractivity contribution in [3.05, 3.63) is 23.4 Å². The lowest BCUT2D eigenvalue weighted by molar-refractivity contribution is -0.143. The second kappa shape index (κ2) is 9.62. The third-order valence-corrected chi connectivity index (χ3v) is 3.13. The molecule has 19 heavy (non-hydrogen) atoms. The molecule has 108 valence electrons. The predicted molar refractivity (Wildman–Crippen MR) is 75.3 cm³/mol. The van der Waals surface area contributed by atoms with Crippen LogP contribution in [-0.4, -0.2) is 19.7 Å². The van der Waals surface area contributed by atoms with Gasteiger partial charge in [-0.05, 0) is 38.2 Å². The molecule has 0 aromatic rings. The van der Waals surface area contributed by atoms with E-state index in [1.54, 1.807) is 7.11 Å². The van der Waals surface area contributed by atoms with Crippen LogP contribution < -0.4 is 5.48 Å². The van der Waals surface area contributed by atoms with Crippen molar-refractivity contribution in [1.82, 2.24) is 5.48 Å². The van der Waals surface area contributed by atoms with Crippen molar-refractivity contribution in [2.24, 2.45) is 0 Å². The summed E-state index contributed by atoms with van der Waals surface area (Å²) in [6.07, 6.45) is 11.3. The maximum absolute atomic E-state index is 11.1. The number of hydrogen-bond donors (Lipinski definition) is 1. The molecular formula is C15H25NO3. The molecule has 4 heteroatoms. The van der Waals surface area contributed by atoms with E-state index in [1.165, 1.54) is 5.57 Å². The molecule has 0 aromatic heterocycles. The van der Waals surface area contributed by atoms with E-state index in [4.69, 9.17) is 9.57 Å². The number of hydroxylamine groups is 1. The number of allylic oxidation sites excluding steroid dienone is 3. The second-order valence-electron chi connectivity index (χ2n) is 4.61. The first-order chi connectivity index (χ1) is 9.27. The predicted octanol–water partition coefficient (Wildman–Crippen LogP) is 3.26. The summed E-state index contributed by atoms with van der Waals surface area (Å²) in [5.74, 6) is -0.0736. The molecule has 0 saturated carbocycles. The minimum atomic E-state index is -0.0736. The quantitative estimate of drug-likeness (QED) is 0.375. The van der Waals surface area contributed by atoms with Crippen LogP contribution >= 0.6 is 0 Å². The summed E-state index contributed by atoms with van der Waals surface area (Å²) >= 11 is 0. The highest BCUT2D eigenvalue weighted by molar-refractivity contribution is 5.69. The molecule has 0 bridgehead atoms. The zero-order valence-corrected chi connectivity index (χ0v) is 12.0. The molecule has 1 rings (SSSR count). The first-order valence-corrected chi connectivity index (χ1v) is 7.12. The molecule has 1 aliphatic rings. The molecular weight excluding hydrogens is 242 g/mol. The Morgan fingerprint density at radius 1 is 1.26 bits per heavy atom. The second-order valence-corrected chi connectivity index (χ2v) is 4.61. The van der Waals surface area contributed by atoms with Crippen LogP contribution in [0.3, 0.4) is 0 Å². The van der Waals surface area contributed by atoms with E-state index in [9.17, 15) is 4.79 Å². The summed E-state index contributed by atoms with van der Waals surface area (Å²) < 4.78 is 4.89. The lowest BCUT2D eigenvalue weighted by atomic mass is 10.1. The molecule has 1 aliphatic carbocycles. The van der Waals surface area contributed by atoms with Crippen molar-refractivity contribution in [2.75, 3.05) is 13.7 Å². The van der Waals surface area contributed by atoms with Gasteiger partial charge in [-0.3, -0.25) is 15.1 Å². The standard InChI is InChI=1S/C15H25NO3/c1-3-19-15(17)12-7-5-4-6-9-13-10-8-11-14(13)16-18-2/h10-11,16H,3-9,12H2,1-2H3. The smallest absolute Gasteiger partial charge is 0.305 e. The van der Waals surface area contributed by atoms with Gasteiger partial charge in [0.15, 0.2) is 0 Å². The number of carbonyl (C=O) groups is 1. The van der Waals surface area contributed by atoms with E-state index >= 15 is 0 Å². The monoisotopic (exact) mass is 267 g/mol. The van der Waals surface area contributed by atoms with Crippen molar-refractivity contribution in [3.8, 4) is 0 Å². The third-order valence-electron chi connectivity index (χ3n) is 3.13. The fourth-order valence-electron chi connectivity index (χ4n) is 2.19. The molecule has 0 heterocycles. The van der Waals surface area contributed by atoms with Crippen LogP contribution in [0, 0.1) is 0 Å². The summed E-state index contributed by atoms with van der Waals surface area (Å²) in [5.41, 5.74) is 5.35. The van der Waals surface area contributed by atoms with Gasteiger partial charge in [0, 0.05) is 6.42 Å². The van der Waals surface area contributed by atoms with Crippen LogP contribution in [0.15, 0.2) is 23.4 Å². The van der Waals surface area contributed by atoms with Crippen LogP contribution in [0.2, 0.25) is 0 Å². The van der Waals surface area contributed by atoms with Crippen LogP contribution in [0.25, 0.3) is 0 Å². The number of rotatable bonds is 10. The highest BCUT2D eigenvalue weighted by atomic mass is 16.6. The lowest BCUT2D eigenvalue weighted by Gasteiger charge is -2.09. The van der Waals surface area contributed by atoms with Gasteiger partial charge in [-0.25, -0.2) is 0 Å². The average Bonchev–Trinajstić information content (AvgIpc) is 2.82. The van der Waals surface area contributed by atoms with Gasteiger partial charge in [0.1, 0.15) is 0 Å². The Kier molecular flexibility index (Phi) is 7.98. The Balaban J connectivity index is 2.02. The molecule has 0 saturated heterocycles. The van der Waals surface area contributed by atoms with Gasteiger partial charge in [-0.1, -0.05) is 25.0 Å². The lowest BCUT2D eigenvalue weighted by Crippen LogP contribution is -2.11. The van der Waals surface area contributed by atoms with Gasteiger partial charge in [-0.2, -0.15) is 0 Å². The summed E-state index contributed by atoms with van der Waals surface area (Å²) in [6, 6.07) is 0. The zero-order chi connectivity index (χ0) is 13.9. The highest BCUT2D eigenvalue weighted by Crippen LogP contribution is 2.22. The average molecular weight is 267 g/mol. The van der Waals surface area contributed by atoms with Gasteiger partial charge in [0.25, 0.3) is 0 Å². The number of ether oxygens (including phenoxy) is 1. The van der Waals surface area contributed by atoms with Crippen LogP contribution in [0.1, 0.15) is 51.9 Å². The van der Waals surface area contributed by atoms with Crippen molar-refractivity contribution >= 4 is 5.97 Å². The minimum Gasteiger partial charge on any atom is -0.466 e. The van der Waals surface area contributed by atoms with Crippen molar-refractivity contribution in [2.45, 2.75) is 51.9 Å². The van der Waals surface area contributed by atoms with Crippen LogP contribution in [-0.2, 0) is 14.4 Å². The van der Waals surface area contributed by atoms with Gasteiger partial charge in [0.2, 0.25) is 0 Å². The molecule has 0 atom stereocenters. The van der Waals surface area contributed by atoms with E-state index in [2.05, 4.69) is 17.6 Å². The number of esters is 1. The normalized spacial score (nSPS) is 14.0. The summed E-state index contributed by atoms with van der Waals surface area (Å²) in [6.45, 7) is 2.32. The molecule has 0 aromatic carbocycles. The largest absolute Gasteiger partial charge is 0.466 e. The molecule has 0 aliphatic heterocycles. The minimum absolute atomic E-state index is 0.0736. The molecule has 4 nitrogen and oxygen atoms in total. The molecule has 0 radical (unpaired) electrons.